The highest BCUT2D eigenvalue weighted by atomic mass is 16.5. The van der Waals surface area contributed by atoms with Crippen molar-refractivity contribution in [3.8, 4) is 0 Å². The second kappa shape index (κ2) is 9.14. The third-order valence-corrected chi connectivity index (χ3v) is 6.57. The van der Waals surface area contributed by atoms with Crippen LogP contribution < -0.4 is 10.2 Å². The van der Waals surface area contributed by atoms with Gasteiger partial charge in [0.1, 0.15) is 0 Å². The maximum absolute atomic E-state index is 13.4. The number of anilines is 1. The number of hydrogen-bond acceptors (Lipinski definition) is 5. The van der Waals surface area contributed by atoms with Gasteiger partial charge in [0.05, 0.1) is 11.3 Å². The summed E-state index contributed by atoms with van der Waals surface area (Å²) < 4.78 is 5.44. The molecule has 1 N–H and O–H groups in total. The first-order chi connectivity index (χ1) is 15.5. The van der Waals surface area contributed by atoms with Crippen molar-refractivity contribution < 1.29 is 23.9 Å². The third-order valence-electron chi connectivity index (χ3n) is 6.57. The van der Waals surface area contributed by atoms with E-state index in [0.29, 0.717) is 11.3 Å². The summed E-state index contributed by atoms with van der Waals surface area (Å²) >= 11 is 0. The van der Waals surface area contributed by atoms with Crippen LogP contribution in [0.15, 0.2) is 36.9 Å². The van der Waals surface area contributed by atoms with Gasteiger partial charge in [-0.25, -0.2) is 4.79 Å². The molecule has 2 fully saturated rings. The Labute approximate surface area is 187 Å². The lowest BCUT2D eigenvalue weighted by Crippen LogP contribution is -2.68. The monoisotopic (exact) mass is 439 g/mol. The molecule has 3 aliphatic rings. The Bertz CT molecular complexity index is 937. The fourth-order valence-corrected chi connectivity index (χ4v) is 5.07. The number of rotatable bonds is 6. The number of carbonyl (C=O) groups excluding carboxylic acids is 4. The molecule has 3 amide bonds. The largest absolute Gasteiger partial charge is 0.452 e. The molecule has 2 aliphatic heterocycles. The van der Waals surface area contributed by atoms with E-state index in [0.717, 1.165) is 25.7 Å². The Balaban J connectivity index is 1.56. The number of para-hydroxylation sites is 1. The van der Waals surface area contributed by atoms with Gasteiger partial charge in [-0.3, -0.25) is 19.3 Å². The van der Waals surface area contributed by atoms with E-state index in [9.17, 15) is 19.2 Å². The molecule has 32 heavy (non-hydrogen) atoms. The van der Waals surface area contributed by atoms with Gasteiger partial charge in [-0.05, 0) is 25.0 Å². The van der Waals surface area contributed by atoms with Gasteiger partial charge in [-0.2, -0.15) is 0 Å². The molecular formula is C24H29N3O5. The molecule has 0 aromatic heterocycles. The molecule has 1 saturated carbocycles. The van der Waals surface area contributed by atoms with Gasteiger partial charge in [0, 0.05) is 25.4 Å². The van der Waals surface area contributed by atoms with E-state index in [1.54, 1.807) is 24.3 Å². The lowest BCUT2D eigenvalue weighted by atomic mass is 9.96. The van der Waals surface area contributed by atoms with Crippen LogP contribution in [-0.2, 0) is 19.1 Å². The van der Waals surface area contributed by atoms with Gasteiger partial charge < -0.3 is 15.0 Å². The van der Waals surface area contributed by atoms with Crippen LogP contribution >= 0.6 is 0 Å². The van der Waals surface area contributed by atoms with Gasteiger partial charge in [0.25, 0.3) is 11.8 Å². The number of amides is 3. The smallest absolute Gasteiger partial charge is 0.354 e. The van der Waals surface area contributed by atoms with E-state index in [1.165, 1.54) is 28.7 Å². The quantitative estimate of drug-likeness (QED) is 0.417. The van der Waals surface area contributed by atoms with Crippen molar-refractivity contribution in [3.63, 3.8) is 0 Å². The van der Waals surface area contributed by atoms with Gasteiger partial charge >= 0.3 is 5.97 Å². The first kappa shape index (κ1) is 22.0. The average Bonchev–Trinajstić information content (AvgIpc) is 2.96. The molecule has 0 radical (unpaired) electrons. The summed E-state index contributed by atoms with van der Waals surface area (Å²) in [7, 11) is 0. The van der Waals surface area contributed by atoms with Crippen molar-refractivity contribution in [2.24, 2.45) is 0 Å². The number of nitrogens with one attached hydrogen (secondary N) is 1. The molecule has 2 heterocycles. The predicted octanol–water partition coefficient (Wildman–Crippen LogP) is 2.53. The van der Waals surface area contributed by atoms with Crippen molar-refractivity contribution in [2.75, 3.05) is 18.1 Å². The van der Waals surface area contributed by atoms with Crippen molar-refractivity contribution in [3.05, 3.63) is 42.5 Å². The minimum atomic E-state index is -1.61. The third kappa shape index (κ3) is 3.78. The predicted molar refractivity (Wildman–Crippen MR) is 118 cm³/mol. The van der Waals surface area contributed by atoms with Crippen molar-refractivity contribution in [1.82, 2.24) is 10.2 Å². The first-order valence-electron chi connectivity index (χ1n) is 11.3. The van der Waals surface area contributed by atoms with Crippen LogP contribution in [0.1, 0.15) is 61.7 Å². The van der Waals surface area contributed by atoms with Crippen LogP contribution in [0.2, 0.25) is 0 Å². The summed E-state index contributed by atoms with van der Waals surface area (Å²) in [5, 5.41) is 2.95. The number of benzene rings is 1. The molecule has 0 bridgehead atoms. The maximum Gasteiger partial charge on any atom is 0.354 e. The summed E-state index contributed by atoms with van der Waals surface area (Å²) in [5.74, 6) is -1.77. The molecule has 8 heteroatoms. The normalized spacial score (nSPS) is 23.2. The molecule has 0 unspecified atom stereocenters. The summed E-state index contributed by atoms with van der Waals surface area (Å²) in [6, 6.07) is 6.81. The Morgan fingerprint density at radius 3 is 2.59 bits per heavy atom. The van der Waals surface area contributed by atoms with E-state index in [2.05, 4.69) is 11.9 Å². The Kier molecular flexibility index (Phi) is 6.30. The first-order valence-corrected chi connectivity index (χ1v) is 11.3. The molecule has 4 rings (SSSR count). The Morgan fingerprint density at radius 2 is 1.88 bits per heavy atom. The Morgan fingerprint density at radius 1 is 1.16 bits per heavy atom. The van der Waals surface area contributed by atoms with Crippen molar-refractivity contribution >= 4 is 29.4 Å². The lowest BCUT2D eigenvalue weighted by molar-refractivity contribution is -0.160. The molecule has 170 valence electrons. The lowest BCUT2D eigenvalue weighted by Gasteiger charge is -2.48. The highest BCUT2D eigenvalue weighted by Gasteiger charge is 2.61. The fourth-order valence-electron chi connectivity index (χ4n) is 5.07. The molecule has 0 spiro atoms. The number of ether oxygens (including phenoxy) is 1. The van der Waals surface area contributed by atoms with E-state index >= 15 is 0 Å². The summed E-state index contributed by atoms with van der Waals surface area (Å²) in [6.07, 6.45) is 8.04. The number of fused-ring (bicyclic) bond motifs is 3. The van der Waals surface area contributed by atoms with Gasteiger partial charge in [-0.15, -0.1) is 6.58 Å². The van der Waals surface area contributed by atoms with Crippen LogP contribution in [0.3, 0.4) is 0 Å². The number of nitrogens with zero attached hydrogens (tertiary/aromatic N) is 2. The zero-order chi connectivity index (χ0) is 22.7. The zero-order valence-corrected chi connectivity index (χ0v) is 18.2. The van der Waals surface area contributed by atoms with Gasteiger partial charge in [-0.1, -0.05) is 43.9 Å². The molecule has 1 atom stereocenters. The van der Waals surface area contributed by atoms with Crippen LogP contribution in [0, 0.1) is 0 Å². The molecule has 1 aliphatic carbocycles. The van der Waals surface area contributed by atoms with E-state index < -0.39 is 18.2 Å². The molecular weight excluding hydrogens is 410 g/mol. The second-order valence-electron chi connectivity index (χ2n) is 8.60. The molecule has 1 aromatic rings. The second-order valence-corrected chi connectivity index (χ2v) is 8.60. The highest BCUT2D eigenvalue weighted by molar-refractivity contribution is 6.15. The summed E-state index contributed by atoms with van der Waals surface area (Å²) in [4.78, 5) is 54.7. The maximum atomic E-state index is 13.4. The number of carbonyl (C=O) groups is 4. The summed E-state index contributed by atoms with van der Waals surface area (Å²) in [5.41, 5.74) is -0.876. The van der Waals surface area contributed by atoms with Gasteiger partial charge in [0.15, 0.2) is 6.61 Å². The molecule has 8 nitrogen and oxygen atoms in total. The SMILES string of the molecule is C=CCN1C(=O)c2ccccc2N2C(=O)CC[C@]12C(=O)OCC(=O)NC1CCCCCC1. The summed E-state index contributed by atoms with van der Waals surface area (Å²) in [6.45, 7) is 3.32. The van der Waals surface area contributed by atoms with Crippen LogP contribution in [-0.4, -0.2) is 53.4 Å². The topological polar surface area (TPSA) is 96.0 Å². The van der Waals surface area contributed by atoms with Crippen LogP contribution in [0.5, 0.6) is 0 Å². The van der Waals surface area contributed by atoms with Crippen molar-refractivity contribution in [1.29, 1.82) is 0 Å². The van der Waals surface area contributed by atoms with Crippen LogP contribution in [0.4, 0.5) is 5.69 Å². The number of esters is 1. The fraction of sp³-hybridized carbons (Fsp3) is 0.500. The van der Waals surface area contributed by atoms with Crippen LogP contribution in [0.25, 0.3) is 0 Å². The van der Waals surface area contributed by atoms with Crippen molar-refractivity contribution in [2.45, 2.75) is 63.1 Å². The minimum Gasteiger partial charge on any atom is -0.452 e. The van der Waals surface area contributed by atoms with E-state index in [-0.39, 0.29) is 43.1 Å². The zero-order valence-electron chi connectivity index (χ0n) is 18.2. The number of hydrogen-bond donors (Lipinski definition) is 1. The molecule has 1 saturated heterocycles. The standard InChI is InChI=1S/C24H29N3O5/c1-2-15-26-22(30)18-11-7-8-12-19(18)27-21(29)13-14-24(26,27)23(31)32-16-20(28)25-17-9-5-3-4-6-10-17/h2,7-8,11-12,17H,1,3-6,9-10,13-16H2,(H,25,28)/t24-/m0/s1. The highest BCUT2D eigenvalue weighted by Crippen LogP contribution is 2.45. The minimum absolute atomic E-state index is 0.0698. The van der Waals surface area contributed by atoms with E-state index in [1.807, 2.05) is 0 Å². The van der Waals surface area contributed by atoms with Gasteiger partial charge in [0.2, 0.25) is 11.6 Å². The Hall–Kier alpha value is -3.16. The average molecular weight is 440 g/mol. The molecule has 1 aromatic carbocycles. The van der Waals surface area contributed by atoms with E-state index in [4.69, 9.17) is 4.74 Å².